The van der Waals surface area contributed by atoms with Gasteiger partial charge in [-0.25, -0.2) is 9.97 Å². The molecule has 3 rings (SSSR count). The summed E-state index contributed by atoms with van der Waals surface area (Å²) in [4.78, 5) is 33.1. The lowest BCUT2D eigenvalue weighted by molar-refractivity contribution is -0.144. The van der Waals surface area contributed by atoms with Crippen LogP contribution in [0.4, 0.5) is 5.82 Å². The van der Waals surface area contributed by atoms with Gasteiger partial charge in [0.1, 0.15) is 11.9 Å². The lowest BCUT2D eigenvalue weighted by Gasteiger charge is -2.19. The molecule has 1 amide bonds. The largest absolute Gasteiger partial charge is 0.455 e. The van der Waals surface area contributed by atoms with E-state index in [1.54, 1.807) is 0 Å². The maximum Gasteiger partial charge on any atom is 0.316 e. The smallest absolute Gasteiger partial charge is 0.316 e. The molecule has 1 aliphatic carbocycles. The van der Waals surface area contributed by atoms with Gasteiger partial charge >= 0.3 is 5.97 Å². The number of hydrogen-bond acceptors (Lipinski definition) is 7. The van der Waals surface area contributed by atoms with Gasteiger partial charge in [-0.2, -0.15) is 5.26 Å². The SMILES string of the molecule is Cc1cc(C)nc(SCC(=O)OCC(=O)Nc2c(C#N)c(C)c(C)n2C2CCCC2)n1. The van der Waals surface area contributed by atoms with Crippen LogP contribution in [0.3, 0.4) is 0 Å². The molecule has 0 radical (unpaired) electrons. The standard InChI is InChI=1S/C22H27N5O3S/c1-13-9-14(2)25-22(24-13)31-12-20(29)30-11-19(28)26-21-18(10-23)15(3)16(4)27(21)17-7-5-6-8-17/h9,17H,5-8,11-12H2,1-4H3,(H,26,28). The first-order valence-corrected chi connectivity index (χ1v) is 11.3. The Kier molecular flexibility index (Phi) is 7.33. The van der Waals surface area contributed by atoms with E-state index in [9.17, 15) is 14.9 Å². The van der Waals surface area contributed by atoms with E-state index in [2.05, 4.69) is 25.9 Å². The number of hydrogen-bond donors (Lipinski definition) is 1. The third-order valence-electron chi connectivity index (χ3n) is 5.46. The quantitative estimate of drug-likeness (QED) is 0.395. The number of aromatic nitrogens is 3. The van der Waals surface area contributed by atoms with E-state index in [-0.39, 0.29) is 11.8 Å². The van der Waals surface area contributed by atoms with Crippen LogP contribution in [0.15, 0.2) is 11.2 Å². The van der Waals surface area contributed by atoms with Gasteiger partial charge in [-0.15, -0.1) is 0 Å². The Morgan fingerprint density at radius 3 is 2.48 bits per heavy atom. The van der Waals surface area contributed by atoms with Crippen molar-refractivity contribution in [3.05, 3.63) is 34.3 Å². The van der Waals surface area contributed by atoms with Crippen LogP contribution in [0.5, 0.6) is 0 Å². The van der Waals surface area contributed by atoms with E-state index in [0.29, 0.717) is 16.5 Å². The van der Waals surface area contributed by atoms with Gasteiger partial charge in [0, 0.05) is 23.1 Å². The third kappa shape index (κ3) is 5.44. The van der Waals surface area contributed by atoms with E-state index >= 15 is 0 Å². The first kappa shape index (κ1) is 22.8. The normalized spacial score (nSPS) is 13.8. The fraction of sp³-hybridized carbons (Fsp3) is 0.500. The van der Waals surface area contributed by atoms with Crippen molar-refractivity contribution in [3.8, 4) is 6.07 Å². The van der Waals surface area contributed by atoms with Crippen LogP contribution in [-0.2, 0) is 14.3 Å². The Bertz CT molecular complexity index is 1010. The zero-order valence-corrected chi connectivity index (χ0v) is 19.1. The molecule has 0 unspecified atom stereocenters. The van der Waals surface area contributed by atoms with E-state index < -0.39 is 18.5 Å². The molecule has 0 aromatic carbocycles. The number of nitrogens with one attached hydrogen (secondary N) is 1. The summed E-state index contributed by atoms with van der Waals surface area (Å²) in [5, 5.41) is 12.9. The summed E-state index contributed by atoms with van der Waals surface area (Å²) in [6.07, 6.45) is 4.32. The molecule has 0 aliphatic heterocycles. The monoisotopic (exact) mass is 441 g/mol. The number of carbonyl (C=O) groups is 2. The summed E-state index contributed by atoms with van der Waals surface area (Å²) < 4.78 is 7.18. The lowest BCUT2D eigenvalue weighted by atomic mass is 10.2. The zero-order chi connectivity index (χ0) is 22.5. The second kappa shape index (κ2) is 9.96. The van der Waals surface area contributed by atoms with E-state index in [1.807, 2.05) is 33.8 Å². The fourth-order valence-corrected chi connectivity index (χ4v) is 4.69. The van der Waals surface area contributed by atoms with Gasteiger partial charge in [0.05, 0.1) is 11.3 Å². The average molecular weight is 442 g/mol. The molecule has 0 bridgehead atoms. The fourth-order valence-electron chi connectivity index (χ4n) is 3.94. The lowest BCUT2D eigenvalue weighted by Crippen LogP contribution is -2.24. The maximum absolute atomic E-state index is 12.5. The number of nitrogens with zero attached hydrogens (tertiary/aromatic N) is 4. The highest BCUT2D eigenvalue weighted by Gasteiger charge is 2.26. The molecule has 1 N–H and O–H groups in total. The molecule has 1 aliphatic rings. The Morgan fingerprint density at radius 1 is 1.23 bits per heavy atom. The molecule has 2 heterocycles. The summed E-state index contributed by atoms with van der Waals surface area (Å²) in [6.45, 7) is 7.17. The number of thioether (sulfide) groups is 1. The van der Waals surface area contributed by atoms with Crippen molar-refractivity contribution in [3.63, 3.8) is 0 Å². The van der Waals surface area contributed by atoms with Gasteiger partial charge in [-0.1, -0.05) is 24.6 Å². The minimum Gasteiger partial charge on any atom is -0.455 e. The minimum absolute atomic E-state index is 0.0102. The number of anilines is 1. The molecular formula is C22H27N5O3S. The van der Waals surface area contributed by atoms with Crippen LogP contribution in [0.2, 0.25) is 0 Å². The highest BCUT2D eigenvalue weighted by Crippen LogP contribution is 2.37. The van der Waals surface area contributed by atoms with Crippen LogP contribution in [0, 0.1) is 39.0 Å². The van der Waals surface area contributed by atoms with Gasteiger partial charge < -0.3 is 14.6 Å². The second-order valence-electron chi connectivity index (χ2n) is 7.78. The van der Waals surface area contributed by atoms with E-state index in [0.717, 1.165) is 48.3 Å². The number of carbonyl (C=O) groups excluding carboxylic acids is 2. The summed E-state index contributed by atoms with van der Waals surface area (Å²) in [7, 11) is 0. The summed E-state index contributed by atoms with van der Waals surface area (Å²) in [5.74, 6) is -0.476. The number of ether oxygens (including phenoxy) is 1. The van der Waals surface area contributed by atoms with Crippen molar-refractivity contribution < 1.29 is 14.3 Å². The van der Waals surface area contributed by atoms with Crippen LogP contribution >= 0.6 is 11.8 Å². The van der Waals surface area contributed by atoms with E-state index in [4.69, 9.17) is 4.74 Å². The molecule has 1 saturated carbocycles. The third-order valence-corrected chi connectivity index (χ3v) is 6.28. The Morgan fingerprint density at radius 2 is 1.87 bits per heavy atom. The van der Waals surface area contributed by atoms with Crippen molar-refractivity contribution in [1.29, 1.82) is 5.26 Å². The van der Waals surface area contributed by atoms with Crippen LogP contribution in [-0.4, -0.2) is 38.8 Å². The van der Waals surface area contributed by atoms with Crippen molar-refractivity contribution >= 4 is 29.5 Å². The molecule has 1 fully saturated rings. The van der Waals surface area contributed by atoms with Crippen molar-refractivity contribution in [2.75, 3.05) is 17.7 Å². The molecule has 2 aromatic rings. The molecule has 8 nitrogen and oxygen atoms in total. The van der Waals surface area contributed by atoms with Crippen LogP contribution in [0.1, 0.15) is 59.9 Å². The maximum atomic E-state index is 12.5. The topological polar surface area (TPSA) is 110 Å². The summed E-state index contributed by atoms with van der Waals surface area (Å²) in [5.41, 5.74) is 3.97. The molecule has 0 atom stereocenters. The molecule has 0 spiro atoms. The van der Waals surface area contributed by atoms with Gasteiger partial charge in [0.25, 0.3) is 5.91 Å². The Hall–Kier alpha value is -2.86. The highest BCUT2D eigenvalue weighted by atomic mass is 32.2. The average Bonchev–Trinajstić information content (AvgIpc) is 3.31. The van der Waals surface area contributed by atoms with Crippen LogP contribution in [0.25, 0.3) is 0 Å². The number of amides is 1. The summed E-state index contributed by atoms with van der Waals surface area (Å²) >= 11 is 1.17. The molecule has 0 saturated heterocycles. The highest BCUT2D eigenvalue weighted by molar-refractivity contribution is 7.99. The van der Waals surface area contributed by atoms with Crippen LogP contribution < -0.4 is 5.32 Å². The van der Waals surface area contributed by atoms with Gasteiger partial charge in [-0.05, 0) is 52.2 Å². The summed E-state index contributed by atoms with van der Waals surface area (Å²) in [6, 6.07) is 4.33. The number of nitriles is 1. The van der Waals surface area contributed by atoms with Crippen molar-refractivity contribution in [2.45, 2.75) is 64.6 Å². The number of rotatable bonds is 7. The predicted octanol–water partition coefficient (Wildman–Crippen LogP) is 3.77. The zero-order valence-electron chi connectivity index (χ0n) is 18.3. The molecule has 164 valence electrons. The molecule has 2 aromatic heterocycles. The Labute approximate surface area is 186 Å². The molecular weight excluding hydrogens is 414 g/mol. The molecule has 31 heavy (non-hydrogen) atoms. The Balaban J connectivity index is 1.60. The van der Waals surface area contributed by atoms with Gasteiger partial charge in [0.15, 0.2) is 11.8 Å². The van der Waals surface area contributed by atoms with Crippen molar-refractivity contribution in [1.82, 2.24) is 14.5 Å². The van der Waals surface area contributed by atoms with Gasteiger partial charge in [0.2, 0.25) is 0 Å². The predicted molar refractivity (Wildman–Crippen MR) is 118 cm³/mol. The number of esters is 1. The van der Waals surface area contributed by atoms with Crippen molar-refractivity contribution in [2.24, 2.45) is 0 Å². The first-order valence-electron chi connectivity index (χ1n) is 10.3. The molecule has 9 heteroatoms. The van der Waals surface area contributed by atoms with Gasteiger partial charge in [-0.3, -0.25) is 9.59 Å². The minimum atomic E-state index is -0.526. The number of aryl methyl sites for hydroxylation is 2. The first-order chi connectivity index (χ1) is 14.8. The van der Waals surface area contributed by atoms with E-state index in [1.165, 1.54) is 11.8 Å². The second-order valence-corrected chi connectivity index (χ2v) is 8.73.